The van der Waals surface area contributed by atoms with E-state index in [1.54, 1.807) is 6.07 Å². The van der Waals surface area contributed by atoms with Crippen LogP contribution in [0, 0.1) is 17.3 Å². The van der Waals surface area contributed by atoms with Crippen LogP contribution in [0.5, 0.6) is 0 Å². The minimum absolute atomic E-state index is 0.0334. The molecule has 1 atom stereocenters. The highest BCUT2D eigenvalue weighted by molar-refractivity contribution is 7.15. The predicted octanol–water partition coefficient (Wildman–Crippen LogP) is 3.66. The van der Waals surface area contributed by atoms with Crippen LogP contribution in [0.4, 0.5) is 5.69 Å². The Bertz CT molecular complexity index is 719. The molecule has 0 aromatic carbocycles. The third kappa shape index (κ3) is 4.99. The lowest BCUT2D eigenvalue weighted by Crippen LogP contribution is -2.50. The van der Waals surface area contributed by atoms with Crippen LogP contribution in [-0.2, 0) is 4.79 Å². The Kier molecular flexibility index (Phi) is 5.79. The number of carboxylic acid groups (broad SMARTS) is 1. The number of carboxylic acids is 1. The van der Waals surface area contributed by atoms with E-state index in [2.05, 4.69) is 17.2 Å². The lowest BCUT2D eigenvalue weighted by Gasteiger charge is -2.35. The maximum atomic E-state index is 12.6. The average Bonchev–Trinajstić information content (AvgIpc) is 2.89. The predicted molar refractivity (Wildman–Crippen MR) is 101 cm³/mol. The van der Waals surface area contributed by atoms with Crippen LogP contribution in [0.15, 0.2) is 6.07 Å². The largest absolute Gasteiger partial charge is 0.477 e. The number of thiophene rings is 1. The van der Waals surface area contributed by atoms with Gasteiger partial charge in [0.25, 0.3) is 0 Å². The fourth-order valence-corrected chi connectivity index (χ4v) is 3.52. The first-order valence-corrected chi connectivity index (χ1v) is 9.37. The van der Waals surface area contributed by atoms with Crippen LogP contribution in [-0.4, -0.2) is 40.5 Å². The van der Waals surface area contributed by atoms with Crippen molar-refractivity contribution in [2.75, 3.05) is 11.9 Å². The third-order valence-corrected chi connectivity index (χ3v) is 4.95. The Labute approximate surface area is 153 Å². The quantitative estimate of drug-likeness (QED) is 0.802. The summed E-state index contributed by atoms with van der Waals surface area (Å²) in [4.78, 5) is 26.9. The molecule has 1 fully saturated rings. The second kappa shape index (κ2) is 7.49. The molecule has 0 spiro atoms. The Hall–Kier alpha value is -2.00. The van der Waals surface area contributed by atoms with Crippen LogP contribution in [0.3, 0.4) is 0 Å². The Morgan fingerprint density at radius 3 is 2.68 bits per heavy atom. The average molecular weight is 362 g/mol. The van der Waals surface area contributed by atoms with Gasteiger partial charge in [0, 0.05) is 18.0 Å². The highest BCUT2D eigenvalue weighted by Gasteiger charge is 2.31. The number of rotatable bonds is 4. The molecule has 0 aliphatic carbocycles. The number of nitrogens with zero attached hydrogens (tertiary/aromatic N) is 1. The standard InChI is InChI=1S/C19H26N2O3S/c1-12(2)21-10-6-7-14(17(21)22)20-15-11-13(8-9-19(3,4)5)25-16(15)18(23)24/h11-12,14,20H,6-7,10H2,1-5H3,(H,23,24). The molecule has 1 aliphatic heterocycles. The van der Waals surface area contributed by atoms with Gasteiger partial charge in [-0.3, -0.25) is 4.79 Å². The number of hydrogen-bond donors (Lipinski definition) is 2. The minimum Gasteiger partial charge on any atom is -0.477 e. The van der Waals surface area contributed by atoms with E-state index in [1.807, 2.05) is 39.5 Å². The number of likely N-dealkylation sites (tertiary alicyclic amines) is 1. The maximum absolute atomic E-state index is 12.6. The van der Waals surface area contributed by atoms with E-state index in [4.69, 9.17) is 0 Å². The zero-order valence-electron chi connectivity index (χ0n) is 15.5. The number of amides is 1. The number of piperidine rings is 1. The molecule has 25 heavy (non-hydrogen) atoms. The number of carbonyl (C=O) groups excluding carboxylic acids is 1. The molecule has 2 heterocycles. The van der Waals surface area contributed by atoms with Gasteiger partial charge in [0.1, 0.15) is 10.9 Å². The second-order valence-electron chi connectivity index (χ2n) is 7.62. The van der Waals surface area contributed by atoms with Gasteiger partial charge in [0.05, 0.1) is 10.6 Å². The smallest absolute Gasteiger partial charge is 0.348 e. The number of aromatic carboxylic acids is 1. The molecule has 0 saturated carbocycles. The van der Waals surface area contributed by atoms with Crippen LogP contribution >= 0.6 is 11.3 Å². The SMILES string of the molecule is CC(C)N1CCCC(Nc2cc(C#CC(C)(C)C)sc2C(=O)O)C1=O. The van der Waals surface area contributed by atoms with E-state index in [1.165, 1.54) is 0 Å². The first-order chi connectivity index (χ1) is 11.6. The summed E-state index contributed by atoms with van der Waals surface area (Å²) in [6.45, 7) is 10.8. The minimum atomic E-state index is -1.000. The van der Waals surface area contributed by atoms with Gasteiger partial charge in [-0.15, -0.1) is 11.3 Å². The summed E-state index contributed by atoms with van der Waals surface area (Å²) in [5, 5.41) is 12.6. The molecule has 136 valence electrons. The molecule has 2 N–H and O–H groups in total. The second-order valence-corrected chi connectivity index (χ2v) is 8.68. The van der Waals surface area contributed by atoms with Gasteiger partial charge in [0.15, 0.2) is 0 Å². The van der Waals surface area contributed by atoms with E-state index in [9.17, 15) is 14.7 Å². The van der Waals surface area contributed by atoms with Gasteiger partial charge in [-0.2, -0.15) is 0 Å². The summed E-state index contributed by atoms with van der Waals surface area (Å²) in [7, 11) is 0. The van der Waals surface area contributed by atoms with Crippen molar-refractivity contribution >= 4 is 28.9 Å². The summed E-state index contributed by atoms with van der Waals surface area (Å²) in [6, 6.07) is 1.51. The van der Waals surface area contributed by atoms with Crippen LogP contribution in [0.25, 0.3) is 0 Å². The van der Waals surface area contributed by atoms with Crippen molar-refractivity contribution in [3.05, 3.63) is 15.8 Å². The van der Waals surface area contributed by atoms with Gasteiger partial charge in [0.2, 0.25) is 5.91 Å². The molecule has 2 rings (SSSR count). The Morgan fingerprint density at radius 1 is 1.44 bits per heavy atom. The topological polar surface area (TPSA) is 69.6 Å². The molecular formula is C19H26N2O3S. The highest BCUT2D eigenvalue weighted by Crippen LogP contribution is 2.29. The fraction of sp³-hybridized carbons (Fsp3) is 0.579. The van der Waals surface area contributed by atoms with E-state index >= 15 is 0 Å². The summed E-state index contributed by atoms with van der Waals surface area (Å²) < 4.78 is 0. The van der Waals surface area contributed by atoms with Gasteiger partial charge in [-0.1, -0.05) is 11.8 Å². The van der Waals surface area contributed by atoms with Crippen LogP contribution in [0.2, 0.25) is 0 Å². The molecular weight excluding hydrogens is 336 g/mol. The van der Waals surface area contributed by atoms with Gasteiger partial charge in [-0.05, 0) is 53.5 Å². The first-order valence-electron chi connectivity index (χ1n) is 8.56. The Morgan fingerprint density at radius 2 is 2.12 bits per heavy atom. The lowest BCUT2D eigenvalue weighted by molar-refractivity contribution is -0.136. The molecule has 1 aromatic heterocycles. The highest BCUT2D eigenvalue weighted by atomic mass is 32.1. The summed E-state index contributed by atoms with van der Waals surface area (Å²) in [6.07, 6.45) is 1.62. The van der Waals surface area contributed by atoms with Crippen molar-refractivity contribution in [1.82, 2.24) is 4.90 Å². The normalized spacial score (nSPS) is 18.1. The van der Waals surface area contributed by atoms with Crippen molar-refractivity contribution in [3.8, 4) is 11.8 Å². The van der Waals surface area contributed by atoms with E-state index in [0.29, 0.717) is 17.0 Å². The molecule has 0 radical (unpaired) electrons. The van der Waals surface area contributed by atoms with Crippen molar-refractivity contribution in [2.45, 2.75) is 59.5 Å². The van der Waals surface area contributed by atoms with Gasteiger partial charge < -0.3 is 15.3 Å². The molecule has 1 aliphatic rings. The van der Waals surface area contributed by atoms with Crippen molar-refractivity contribution in [1.29, 1.82) is 0 Å². The fourth-order valence-electron chi connectivity index (χ4n) is 2.70. The van der Waals surface area contributed by atoms with Crippen LogP contribution in [0.1, 0.15) is 62.0 Å². The Balaban J connectivity index is 2.26. The van der Waals surface area contributed by atoms with E-state index in [0.717, 1.165) is 24.3 Å². The lowest BCUT2D eigenvalue weighted by atomic mass is 9.98. The van der Waals surface area contributed by atoms with Crippen molar-refractivity contribution in [2.24, 2.45) is 5.41 Å². The number of carbonyl (C=O) groups is 2. The number of nitrogens with one attached hydrogen (secondary N) is 1. The first kappa shape index (κ1) is 19.3. The van der Waals surface area contributed by atoms with Gasteiger partial charge in [-0.25, -0.2) is 4.79 Å². The zero-order valence-corrected chi connectivity index (χ0v) is 16.3. The number of anilines is 1. The summed E-state index contributed by atoms with van der Waals surface area (Å²) in [5.74, 6) is 5.20. The monoisotopic (exact) mass is 362 g/mol. The van der Waals surface area contributed by atoms with Crippen molar-refractivity contribution < 1.29 is 14.7 Å². The van der Waals surface area contributed by atoms with E-state index < -0.39 is 5.97 Å². The molecule has 1 unspecified atom stereocenters. The molecule has 1 saturated heterocycles. The molecule has 0 bridgehead atoms. The molecule has 5 nitrogen and oxygen atoms in total. The van der Waals surface area contributed by atoms with Crippen LogP contribution < -0.4 is 5.32 Å². The zero-order chi connectivity index (χ0) is 18.8. The summed E-state index contributed by atoms with van der Waals surface area (Å²) >= 11 is 1.14. The van der Waals surface area contributed by atoms with Crippen molar-refractivity contribution in [3.63, 3.8) is 0 Å². The number of hydrogen-bond acceptors (Lipinski definition) is 4. The van der Waals surface area contributed by atoms with Gasteiger partial charge >= 0.3 is 5.97 Å². The third-order valence-electron chi connectivity index (χ3n) is 3.91. The summed E-state index contributed by atoms with van der Waals surface area (Å²) in [5.41, 5.74) is 0.331. The van der Waals surface area contributed by atoms with E-state index in [-0.39, 0.29) is 28.3 Å². The molecule has 1 aromatic rings. The molecule has 6 heteroatoms. The maximum Gasteiger partial charge on any atom is 0.348 e. The molecule has 1 amide bonds.